The number of aromatic amines is 1. The smallest absolute Gasteiger partial charge is 0.205 e. The van der Waals surface area contributed by atoms with Gasteiger partial charge in [0, 0.05) is 23.9 Å². The number of aliphatic hydroxyl groups is 1. The van der Waals surface area contributed by atoms with E-state index in [-0.39, 0.29) is 5.41 Å². The van der Waals surface area contributed by atoms with Gasteiger partial charge in [0.1, 0.15) is 17.2 Å². The SMILES string of the molecule is Cc1nc(C(C)(C)O)c(CC(=O)C23CC4CC(CC(C4)C2)C3)n1Cc1ccc(-c2ccccc2-c2nn[nH]n2)cc1. The standard InChI is InChI=1S/C33H38N6O2/c1-20-34-30(32(2,3)41)28(15-29(40)33-16-22-12-23(17-33)14-24(13-22)18-33)39(20)19-21-8-10-25(11-9-21)26-6-4-5-7-27(26)31-35-37-38-36-31/h4-11,22-24,41H,12-19H2,1-3H3,(H,35,36,37,38). The van der Waals surface area contributed by atoms with Crippen LogP contribution in [-0.2, 0) is 23.4 Å². The Kier molecular flexibility index (Phi) is 6.23. The zero-order chi connectivity index (χ0) is 28.4. The first kappa shape index (κ1) is 26.3. The molecule has 8 heteroatoms. The number of carbonyl (C=O) groups excluding carboxylic acids is 1. The van der Waals surface area contributed by atoms with E-state index in [0.717, 1.165) is 53.0 Å². The first-order chi connectivity index (χ1) is 19.7. The lowest BCUT2D eigenvalue weighted by molar-refractivity contribution is -0.143. The molecule has 8 nitrogen and oxygen atoms in total. The maximum atomic E-state index is 14.2. The molecule has 4 aromatic rings. The number of Topliss-reactive ketones (excluding diaryl/α,β-unsaturated/α-hetero) is 1. The Labute approximate surface area is 240 Å². The van der Waals surface area contributed by atoms with E-state index in [4.69, 9.17) is 4.98 Å². The second-order valence-corrected chi connectivity index (χ2v) is 13.4. The number of rotatable bonds is 8. The van der Waals surface area contributed by atoms with Crippen LogP contribution in [0.4, 0.5) is 0 Å². The Morgan fingerprint density at radius 1 is 1.00 bits per heavy atom. The summed E-state index contributed by atoms with van der Waals surface area (Å²) in [6, 6.07) is 16.5. The predicted octanol–water partition coefficient (Wildman–Crippen LogP) is 5.64. The highest BCUT2D eigenvalue weighted by atomic mass is 16.3. The van der Waals surface area contributed by atoms with E-state index in [1.54, 1.807) is 13.8 Å². The van der Waals surface area contributed by atoms with Crippen LogP contribution in [0.15, 0.2) is 48.5 Å². The number of hydrogen-bond acceptors (Lipinski definition) is 6. The van der Waals surface area contributed by atoms with E-state index in [9.17, 15) is 9.90 Å². The quantitative estimate of drug-likeness (QED) is 0.294. The second-order valence-electron chi connectivity index (χ2n) is 13.4. The van der Waals surface area contributed by atoms with Crippen LogP contribution in [0.5, 0.6) is 0 Å². The van der Waals surface area contributed by atoms with Crippen molar-refractivity contribution < 1.29 is 9.90 Å². The van der Waals surface area contributed by atoms with Crippen LogP contribution in [0.25, 0.3) is 22.5 Å². The second kappa shape index (κ2) is 9.72. The molecule has 4 fully saturated rings. The van der Waals surface area contributed by atoms with Crippen molar-refractivity contribution in [2.75, 3.05) is 0 Å². The van der Waals surface area contributed by atoms with Crippen LogP contribution in [-0.4, -0.2) is 41.1 Å². The van der Waals surface area contributed by atoms with Gasteiger partial charge in [-0.05, 0) is 99.0 Å². The molecule has 2 N–H and O–H groups in total. The topological polar surface area (TPSA) is 110 Å². The predicted molar refractivity (Wildman–Crippen MR) is 156 cm³/mol. The fourth-order valence-electron chi connectivity index (χ4n) is 8.46. The summed E-state index contributed by atoms with van der Waals surface area (Å²) in [5.41, 5.74) is 4.30. The van der Waals surface area contributed by atoms with Crippen LogP contribution in [0.3, 0.4) is 0 Å². The van der Waals surface area contributed by atoms with Gasteiger partial charge < -0.3 is 9.67 Å². The molecule has 41 heavy (non-hydrogen) atoms. The number of H-pyrrole nitrogens is 1. The van der Waals surface area contributed by atoms with Gasteiger partial charge in [-0.2, -0.15) is 5.21 Å². The number of carbonyl (C=O) groups is 1. The zero-order valence-electron chi connectivity index (χ0n) is 24.1. The summed E-state index contributed by atoms with van der Waals surface area (Å²) >= 11 is 0. The molecular formula is C33H38N6O2. The van der Waals surface area contributed by atoms with E-state index in [1.165, 1.54) is 19.3 Å². The number of imidazole rings is 1. The summed E-state index contributed by atoms with van der Waals surface area (Å²) in [5.74, 6) is 3.89. The monoisotopic (exact) mass is 550 g/mol. The number of aromatic nitrogens is 6. The molecule has 2 aromatic carbocycles. The molecule has 4 aliphatic carbocycles. The van der Waals surface area contributed by atoms with Crippen molar-refractivity contribution in [1.29, 1.82) is 0 Å². The maximum absolute atomic E-state index is 14.2. The van der Waals surface area contributed by atoms with E-state index < -0.39 is 5.60 Å². The Morgan fingerprint density at radius 2 is 1.63 bits per heavy atom. The van der Waals surface area contributed by atoms with Crippen molar-refractivity contribution in [3.8, 4) is 22.5 Å². The number of nitrogens with zero attached hydrogens (tertiary/aromatic N) is 5. The van der Waals surface area contributed by atoms with Gasteiger partial charge >= 0.3 is 0 Å². The minimum absolute atomic E-state index is 0.178. The Hall–Kier alpha value is -3.65. The minimum Gasteiger partial charge on any atom is -0.384 e. The molecule has 2 aromatic heterocycles. The van der Waals surface area contributed by atoms with Gasteiger partial charge in [0.2, 0.25) is 5.82 Å². The molecule has 0 spiro atoms. The first-order valence-electron chi connectivity index (χ1n) is 14.9. The summed E-state index contributed by atoms with van der Waals surface area (Å²) in [6.07, 6.45) is 7.43. The molecular weight excluding hydrogens is 512 g/mol. The molecule has 0 aliphatic heterocycles. The van der Waals surface area contributed by atoms with Crippen LogP contribution < -0.4 is 0 Å². The molecule has 212 valence electrons. The highest BCUT2D eigenvalue weighted by Crippen LogP contribution is 2.60. The molecule has 8 rings (SSSR count). The van der Waals surface area contributed by atoms with Gasteiger partial charge in [0.05, 0.1) is 11.4 Å². The third-order valence-electron chi connectivity index (χ3n) is 9.92. The number of tetrazole rings is 1. The van der Waals surface area contributed by atoms with Crippen molar-refractivity contribution >= 4 is 5.78 Å². The fourth-order valence-corrected chi connectivity index (χ4v) is 8.46. The third-order valence-corrected chi connectivity index (χ3v) is 9.92. The van der Waals surface area contributed by atoms with Gasteiger partial charge in [-0.25, -0.2) is 4.98 Å². The van der Waals surface area contributed by atoms with Crippen LogP contribution in [0.1, 0.15) is 75.1 Å². The Morgan fingerprint density at radius 3 is 2.22 bits per heavy atom. The van der Waals surface area contributed by atoms with E-state index in [2.05, 4.69) is 55.5 Å². The van der Waals surface area contributed by atoms with Crippen molar-refractivity contribution in [2.24, 2.45) is 23.2 Å². The molecule has 0 atom stereocenters. The van der Waals surface area contributed by atoms with Crippen molar-refractivity contribution in [3.05, 3.63) is 71.3 Å². The lowest BCUT2D eigenvalue weighted by Gasteiger charge is -2.56. The number of hydrogen-bond donors (Lipinski definition) is 2. The normalized spacial score (nSPS) is 25.1. The minimum atomic E-state index is -1.13. The summed E-state index contributed by atoms with van der Waals surface area (Å²) in [6.45, 7) is 6.11. The molecule has 4 saturated carbocycles. The highest BCUT2D eigenvalue weighted by Gasteiger charge is 2.54. The summed E-state index contributed by atoms with van der Waals surface area (Å²) in [4.78, 5) is 19.0. The molecule has 0 unspecified atom stereocenters. The van der Waals surface area contributed by atoms with Crippen LogP contribution in [0.2, 0.25) is 0 Å². The van der Waals surface area contributed by atoms with Crippen molar-refractivity contribution in [1.82, 2.24) is 30.2 Å². The van der Waals surface area contributed by atoms with Crippen LogP contribution in [0, 0.1) is 30.1 Å². The third kappa shape index (κ3) is 4.72. The number of nitrogens with one attached hydrogen (secondary N) is 1. The molecule has 0 amide bonds. The molecule has 0 radical (unpaired) electrons. The zero-order valence-corrected chi connectivity index (χ0v) is 24.1. The van der Waals surface area contributed by atoms with Gasteiger partial charge in [-0.15, -0.1) is 10.2 Å². The molecule has 0 saturated heterocycles. The number of benzene rings is 2. The highest BCUT2D eigenvalue weighted by molar-refractivity contribution is 5.87. The summed E-state index contributed by atoms with van der Waals surface area (Å²) in [5, 5.41) is 25.7. The molecule has 4 bridgehead atoms. The molecule has 2 heterocycles. The van der Waals surface area contributed by atoms with Gasteiger partial charge in [-0.3, -0.25) is 4.79 Å². The van der Waals surface area contributed by atoms with E-state index in [1.807, 2.05) is 25.1 Å². The van der Waals surface area contributed by atoms with Gasteiger partial charge in [0.25, 0.3) is 0 Å². The lowest BCUT2D eigenvalue weighted by atomic mass is 9.48. The fraction of sp³-hybridized carbons (Fsp3) is 0.485. The number of aryl methyl sites for hydroxylation is 1. The van der Waals surface area contributed by atoms with Crippen molar-refractivity contribution in [3.63, 3.8) is 0 Å². The van der Waals surface area contributed by atoms with E-state index >= 15 is 0 Å². The summed E-state index contributed by atoms with van der Waals surface area (Å²) < 4.78 is 2.15. The Bertz CT molecular complexity index is 1540. The van der Waals surface area contributed by atoms with E-state index in [0.29, 0.717) is 48.0 Å². The summed E-state index contributed by atoms with van der Waals surface area (Å²) in [7, 11) is 0. The lowest BCUT2D eigenvalue weighted by Crippen LogP contribution is -2.50. The largest absolute Gasteiger partial charge is 0.384 e. The average molecular weight is 551 g/mol. The first-order valence-corrected chi connectivity index (χ1v) is 14.9. The van der Waals surface area contributed by atoms with Crippen LogP contribution >= 0.6 is 0 Å². The van der Waals surface area contributed by atoms with Gasteiger partial charge in [-0.1, -0.05) is 48.5 Å². The number of ketones is 1. The van der Waals surface area contributed by atoms with Gasteiger partial charge in [0.15, 0.2) is 0 Å². The maximum Gasteiger partial charge on any atom is 0.205 e. The molecule has 4 aliphatic rings. The Balaban J connectivity index is 1.18. The average Bonchev–Trinajstić information content (AvgIpc) is 3.57. The van der Waals surface area contributed by atoms with Crippen molar-refractivity contribution in [2.45, 2.75) is 77.9 Å².